The standard InChI is InChI=1S/C20H22N2O2S2/c1-4-24-15-9-10-17-18(13-15)26-20(22(17)11-12-25-3)21-19(23)16-8-6-5-7-14(16)2/h5-10,13H,4,11-12H2,1-3H3. The lowest BCUT2D eigenvalue weighted by molar-refractivity contribution is 0.0997. The van der Waals surface area contributed by atoms with Crippen molar-refractivity contribution < 1.29 is 9.53 Å². The Labute approximate surface area is 161 Å². The van der Waals surface area contributed by atoms with Crippen LogP contribution >= 0.6 is 23.1 Å². The third-order valence-corrected chi connectivity index (χ3v) is 5.69. The maximum absolute atomic E-state index is 12.7. The van der Waals surface area contributed by atoms with Crippen molar-refractivity contribution in [3.8, 4) is 5.75 Å². The van der Waals surface area contributed by atoms with Gasteiger partial charge >= 0.3 is 0 Å². The number of amides is 1. The maximum atomic E-state index is 12.7. The van der Waals surface area contributed by atoms with Crippen LogP contribution in [0.4, 0.5) is 0 Å². The second-order valence-corrected chi connectivity index (χ2v) is 7.82. The van der Waals surface area contributed by atoms with Crippen molar-refractivity contribution in [2.75, 3.05) is 18.6 Å². The van der Waals surface area contributed by atoms with E-state index >= 15 is 0 Å². The van der Waals surface area contributed by atoms with Crippen LogP contribution in [0.25, 0.3) is 10.2 Å². The lowest BCUT2D eigenvalue weighted by Gasteiger charge is -2.05. The van der Waals surface area contributed by atoms with E-state index in [4.69, 9.17) is 4.74 Å². The molecule has 0 aliphatic heterocycles. The molecular formula is C20H22N2O2S2. The molecule has 6 heteroatoms. The fourth-order valence-corrected chi connectivity index (χ4v) is 4.20. The molecule has 3 rings (SSSR count). The van der Waals surface area contributed by atoms with Crippen molar-refractivity contribution >= 4 is 39.2 Å². The molecule has 2 aromatic carbocycles. The molecule has 4 nitrogen and oxygen atoms in total. The Bertz CT molecular complexity index is 989. The molecule has 0 aliphatic rings. The van der Waals surface area contributed by atoms with E-state index in [0.717, 1.165) is 38.6 Å². The summed E-state index contributed by atoms with van der Waals surface area (Å²) >= 11 is 3.31. The zero-order valence-electron chi connectivity index (χ0n) is 15.2. The molecule has 0 aliphatic carbocycles. The fourth-order valence-electron chi connectivity index (χ4n) is 2.75. The largest absolute Gasteiger partial charge is 0.494 e. The molecule has 136 valence electrons. The molecule has 0 bridgehead atoms. The lowest BCUT2D eigenvalue weighted by Crippen LogP contribution is -2.18. The maximum Gasteiger partial charge on any atom is 0.279 e. The summed E-state index contributed by atoms with van der Waals surface area (Å²) in [7, 11) is 0. The Morgan fingerprint density at radius 3 is 2.81 bits per heavy atom. The average molecular weight is 387 g/mol. The predicted octanol–water partition coefficient (Wildman–Crippen LogP) is 4.51. The van der Waals surface area contributed by atoms with E-state index in [-0.39, 0.29) is 5.91 Å². The number of thiazole rings is 1. The van der Waals surface area contributed by atoms with Gasteiger partial charge in [0.05, 0.1) is 16.8 Å². The molecule has 0 N–H and O–H groups in total. The zero-order chi connectivity index (χ0) is 18.5. The summed E-state index contributed by atoms with van der Waals surface area (Å²) in [5.74, 6) is 1.61. The second-order valence-electron chi connectivity index (χ2n) is 5.82. The van der Waals surface area contributed by atoms with Gasteiger partial charge in [-0.05, 0) is 49.9 Å². The monoisotopic (exact) mass is 386 g/mol. The molecule has 0 fully saturated rings. The van der Waals surface area contributed by atoms with Crippen molar-refractivity contribution in [3.05, 3.63) is 58.4 Å². The summed E-state index contributed by atoms with van der Waals surface area (Å²) in [6.45, 7) is 5.35. The van der Waals surface area contributed by atoms with E-state index in [1.807, 2.05) is 50.2 Å². The Balaban J connectivity index is 2.10. The van der Waals surface area contributed by atoms with E-state index in [9.17, 15) is 4.79 Å². The minimum absolute atomic E-state index is 0.197. The molecule has 0 radical (unpaired) electrons. The van der Waals surface area contributed by atoms with Gasteiger partial charge in [-0.25, -0.2) is 0 Å². The summed E-state index contributed by atoms with van der Waals surface area (Å²) in [5.41, 5.74) is 2.68. The number of thioether (sulfide) groups is 1. The Kier molecular flexibility index (Phi) is 6.16. The Morgan fingerprint density at radius 2 is 2.08 bits per heavy atom. The van der Waals surface area contributed by atoms with Gasteiger partial charge in [0.15, 0.2) is 4.80 Å². The number of nitrogens with zero attached hydrogens (tertiary/aromatic N) is 2. The average Bonchev–Trinajstić information content (AvgIpc) is 2.96. The number of aryl methyl sites for hydroxylation is 2. The smallest absolute Gasteiger partial charge is 0.279 e. The first-order valence-corrected chi connectivity index (χ1v) is 10.7. The van der Waals surface area contributed by atoms with Crippen molar-refractivity contribution in [1.82, 2.24) is 4.57 Å². The molecular weight excluding hydrogens is 364 g/mol. The predicted molar refractivity (Wildman–Crippen MR) is 110 cm³/mol. The number of hydrogen-bond donors (Lipinski definition) is 0. The van der Waals surface area contributed by atoms with Crippen LogP contribution in [0.2, 0.25) is 0 Å². The first-order chi connectivity index (χ1) is 12.6. The number of hydrogen-bond acceptors (Lipinski definition) is 4. The normalized spacial score (nSPS) is 11.9. The first-order valence-electron chi connectivity index (χ1n) is 8.54. The minimum atomic E-state index is -0.197. The molecule has 26 heavy (non-hydrogen) atoms. The number of carbonyl (C=O) groups is 1. The number of ether oxygens (including phenoxy) is 1. The van der Waals surface area contributed by atoms with Gasteiger partial charge in [0.1, 0.15) is 5.75 Å². The number of benzene rings is 2. The molecule has 0 spiro atoms. The van der Waals surface area contributed by atoms with Crippen molar-refractivity contribution in [1.29, 1.82) is 0 Å². The summed E-state index contributed by atoms with van der Waals surface area (Å²) < 4.78 is 8.81. The number of rotatable bonds is 6. The van der Waals surface area contributed by atoms with E-state index in [1.165, 1.54) is 11.3 Å². The topological polar surface area (TPSA) is 43.6 Å². The summed E-state index contributed by atoms with van der Waals surface area (Å²) in [5, 5.41) is 0. The van der Waals surface area contributed by atoms with Gasteiger partial charge in [-0.15, -0.1) is 0 Å². The van der Waals surface area contributed by atoms with E-state index in [2.05, 4.69) is 21.9 Å². The van der Waals surface area contributed by atoms with Gasteiger partial charge in [0.25, 0.3) is 5.91 Å². The Morgan fingerprint density at radius 1 is 1.27 bits per heavy atom. The van der Waals surface area contributed by atoms with E-state index in [0.29, 0.717) is 12.2 Å². The summed E-state index contributed by atoms with van der Waals surface area (Å²) in [4.78, 5) is 17.9. The number of aromatic nitrogens is 1. The molecule has 0 saturated heterocycles. The fraction of sp³-hybridized carbons (Fsp3) is 0.300. The Hall–Kier alpha value is -2.05. The van der Waals surface area contributed by atoms with E-state index in [1.54, 1.807) is 11.8 Å². The highest BCUT2D eigenvalue weighted by atomic mass is 32.2. The number of fused-ring (bicyclic) bond motifs is 1. The SMILES string of the molecule is CCOc1ccc2c(c1)sc(=NC(=O)c1ccccc1C)n2CCSC. The van der Waals surface area contributed by atoms with Gasteiger partial charge in [0, 0.05) is 17.9 Å². The molecule has 0 saturated carbocycles. The van der Waals surface area contributed by atoms with Crippen LogP contribution < -0.4 is 9.54 Å². The lowest BCUT2D eigenvalue weighted by atomic mass is 10.1. The van der Waals surface area contributed by atoms with Crippen LogP contribution in [0.1, 0.15) is 22.8 Å². The van der Waals surface area contributed by atoms with Crippen LogP contribution in [0.15, 0.2) is 47.5 Å². The van der Waals surface area contributed by atoms with Crippen LogP contribution in [-0.2, 0) is 6.54 Å². The van der Waals surface area contributed by atoms with Crippen molar-refractivity contribution in [3.63, 3.8) is 0 Å². The van der Waals surface area contributed by atoms with Gasteiger partial charge < -0.3 is 9.30 Å². The molecule has 1 aromatic heterocycles. The van der Waals surface area contributed by atoms with E-state index < -0.39 is 0 Å². The van der Waals surface area contributed by atoms with Gasteiger partial charge in [-0.1, -0.05) is 29.5 Å². The molecule has 1 amide bonds. The quantitative estimate of drug-likeness (QED) is 0.626. The van der Waals surface area contributed by atoms with Gasteiger partial charge in [-0.3, -0.25) is 4.79 Å². The highest BCUT2D eigenvalue weighted by Gasteiger charge is 2.11. The molecule has 1 heterocycles. The molecule has 3 aromatic rings. The van der Waals surface area contributed by atoms with Crippen molar-refractivity contribution in [2.24, 2.45) is 4.99 Å². The summed E-state index contributed by atoms with van der Waals surface area (Å²) in [6.07, 6.45) is 2.08. The zero-order valence-corrected chi connectivity index (χ0v) is 16.8. The van der Waals surface area contributed by atoms with Gasteiger partial charge in [0.2, 0.25) is 0 Å². The molecule has 0 atom stereocenters. The highest BCUT2D eigenvalue weighted by molar-refractivity contribution is 7.98. The van der Waals surface area contributed by atoms with Crippen LogP contribution in [0.3, 0.4) is 0 Å². The van der Waals surface area contributed by atoms with Crippen LogP contribution in [0.5, 0.6) is 5.75 Å². The molecule has 0 unspecified atom stereocenters. The third-order valence-electron chi connectivity index (χ3n) is 4.06. The number of carbonyl (C=O) groups excluding carboxylic acids is 1. The third kappa shape index (κ3) is 4.02. The summed E-state index contributed by atoms with van der Waals surface area (Å²) in [6, 6.07) is 13.6. The van der Waals surface area contributed by atoms with Crippen LogP contribution in [-0.4, -0.2) is 29.1 Å². The van der Waals surface area contributed by atoms with Gasteiger partial charge in [-0.2, -0.15) is 16.8 Å². The second kappa shape index (κ2) is 8.56. The van der Waals surface area contributed by atoms with Crippen molar-refractivity contribution in [2.45, 2.75) is 20.4 Å². The van der Waals surface area contributed by atoms with Crippen LogP contribution in [0, 0.1) is 6.92 Å². The minimum Gasteiger partial charge on any atom is -0.494 e. The first kappa shape index (κ1) is 18.7. The highest BCUT2D eigenvalue weighted by Crippen LogP contribution is 2.24.